The van der Waals surface area contributed by atoms with Crippen molar-refractivity contribution in [1.82, 2.24) is 14.6 Å². The predicted molar refractivity (Wildman–Crippen MR) is 80.0 cm³/mol. The van der Waals surface area contributed by atoms with Crippen LogP contribution in [0.4, 0.5) is 0 Å². The zero-order chi connectivity index (χ0) is 13.9. The minimum absolute atomic E-state index is 0.692. The Morgan fingerprint density at radius 2 is 1.95 bits per heavy atom. The van der Waals surface area contributed by atoms with Gasteiger partial charge in [0.1, 0.15) is 6.07 Å². The third-order valence-electron chi connectivity index (χ3n) is 2.80. The van der Waals surface area contributed by atoms with Gasteiger partial charge in [-0.1, -0.05) is 12.1 Å². The molecule has 0 radical (unpaired) electrons. The van der Waals surface area contributed by atoms with Crippen LogP contribution in [0.5, 0.6) is 0 Å². The Bertz CT molecular complexity index is 804. The lowest BCUT2D eigenvalue weighted by molar-refractivity contribution is 0.921. The van der Waals surface area contributed by atoms with E-state index in [0.29, 0.717) is 5.56 Å². The monoisotopic (exact) mass is 298 g/mol. The molecule has 1 aromatic carbocycles. The lowest BCUT2D eigenvalue weighted by Gasteiger charge is -2.05. The van der Waals surface area contributed by atoms with E-state index in [2.05, 4.69) is 16.3 Å². The van der Waals surface area contributed by atoms with Crippen LogP contribution in [0, 0.1) is 11.3 Å². The Morgan fingerprint density at radius 1 is 1.10 bits per heavy atom. The molecule has 0 spiro atoms. The van der Waals surface area contributed by atoms with Crippen molar-refractivity contribution < 1.29 is 0 Å². The molecule has 0 amide bonds. The summed E-state index contributed by atoms with van der Waals surface area (Å²) in [6, 6.07) is 13.9. The Kier molecular flexibility index (Phi) is 3.63. The second kappa shape index (κ2) is 5.57. The van der Waals surface area contributed by atoms with Crippen molar-refractivity contribution in [3.8, 4) is 6.07 Å². The van der Waals surface area contributed by atoms with Crippen LogP contribution < -0.4 is 0 Å². The smallest absolute Gasteiger partial charge is 0.200 e. The second-order valence-corrected chi connectivity index (χ2v) is 5.82. The summed E-state index contributed by atoms with van der Waals surface area (Å²) in [5.41, 5.74) is 1.49. The number of hydrogen-bond acceptors (Lipinski definition) is 5. The molecule has 0 unspecified atom stereocenters. The molecule has 0 saturated heterocycles. The standard InChI is InChI=1S/C14H10N4S2/c1-19-11-5-4-6-12(10(11)9-15)20-14-17-16-13-7-2-3-8-18(13)14/h2-8H,1H3. The first kappa shape index (κ1) is 13.0. The maximum absolute atomic E-state index is 9.35. The van der Waals surface area contributed by atoms with E-state index in [4.69, 9.17) is 0 Å². The third kappa shape index (κ3) is 2.26. The van der Waals surface area contributed by atoms with Crippen molar-refractivity contribution in [3.05, 3.63) is 48.2 Å². The van der Waals surface area contributed by atoms with Gasteiger partial charge in [0.15, 0.2) is 10.8 Å². The molecule has 0 N–H and O–H groups in total. The zero-order valence-corrected chi connectivity index (χ0v) is 12.3. The highest BCUT2D eigenvalue weighted by atomic mass is 32.2. The van der Waals surface area contributed by atoms with Crippen LogP contribution in [0.3, 0.4) is 0 Å². The lowest BCUT2D eigenvalue weighted by Crippen LogP contribution is -1.89. The molecule has 98 valence electrons. The molecule has 3 rings (SSSR count). The van der Waals surface area contributed by atoms with Gasteiger partial charge in [-0.25, -0.2) is 0 Å². The largest absolute Gasteiger partial charge is 0.277 e. The first-order valence-electron chi connectivity index (χ1n) is 5.88. The molecule has 2 aromatic heterocycles. The van der Waals surface area contributed by atoms with Gasteiger partial charge in [-0.2, -0.15) is 5.26 Å². The Labute approximate surface area is 124 Å². The topological polar surface area (TPSA) is 54.0 Å². The Morgan fingerprint density at radius 3 is 2.75 bits per heavy atom. The molecule has 0 bridgehead atoms. The number of nitrogens with zero attached hydrogens (tertiary/aromatic N) is 4. The number of aromatic nitrogens is 3. The summed E-state index contributed by atoms with van der Waals surface area (Å²) in [4.78, 5) is 1.88. The van der Waals surface area contributed by atoms with Crippen LogP contribution in [0.25, 0.3) is 5.65 Å². The molecule has 20 heavy (non-hydrogen) atoms. The summed E-state index contributed by atoms with van der Waals surface area (Å²) in [5.74, 6) is 0. The van der Waals surface area contributed by atoms with Crippen molar-refractivity contribution in [3.63, 3.8) is 0 Å². The number of benzene rings is 1. The second-order valence-electron chi connectivity index (χ2n) is 3.96. The van der Waals surface area contributed by atoms with Gasteiger partial charge in [0.2, 0.25) is 0 Å². The quantitative estimate of drug-likeness (QED) is 0.693. The molecular formula is C14H10N4S2. The molecule has 0 aliphatic heterocycles. The first-order valence-corrected chi connectivity index (χ1v) is 7.92. The van der Waals surface area contributed by atoms with Crippen molar-refractivity contribution in [2.75, 3.05) is 6.26 Å². The lowest BCUT2D eigenvalue weighted by atomic mass is 10.2. The van der Waals surface area contributed by atoms with E-state index in [1.807, 2.05) is 53.3 Å². The zero-order valence-electron chi connectivity index (χ0n) is 10.6. The van der Waals surface area contributed by atoms with Crippen LogP contribution in [0.15, 0.2) is 57.5 Å². The van der Waals surface area contributed by atoms with Crippen LogP contribution in [-0.4, -0.2) is 20.9 Å². The van der Waals surface area contributed by atoms with Gasteiger partial charge in [-0.15, -0.1) is 22.0 Å². The van der Waals surface area contributed by atoms with Gasteiger partial charge in [-0.3, -0.25) is 4.40 Å². The number of thioether (sulfide) groups is 1. The van der Waals surface area contributed by atoms with E-state index in [-0.39, 0.29) is 0 Å². The van der Waals surface area contributed by atoms with Crippen LogP contribution in [0.2, 0.25) is 0 Å². The summed E-state index contributed by atoms with van der Waals surface area (Å²) in [7, 11) is 0. The van der Waals surface area contributed by atoms with E-state index >= 15 is 0 Å². The molecular weight excluding hydrogens is 288 g/mol. The van der Waals surface area contributed by atoms with Crippen LogP contribution in [0.1, 0.15) is 5.56 Å². The first-order chi connectivity index (χ1) is 9.83. The summed E-state index contributed by atoms with van der Waals surface area (Å²) in [5, 5.41) is 18.4. The van der Waals surface area contributed by atoms with E-state index in [9.17, 15) is 5.26 Å². The molecule has 2 heterocycles. The maximum Gasteiger partial charge on any atom is 0.200 e. The number of nitriles is 1. The molecule has 0 atom stereocenters. The minimum atomic E-state index is 0.692. The highest BCUT2D eigenvalue weighted by Gasteiger charge is 2.12. The van der Waals surface area contributed by atoms with Crippen LogP contribution >= 0.6 is 23.5 Å². The van der Waals surface area contributed by atoms with Gasteiger partial charge < -0.3 is 0 Å². The van der Waals surface area contributed by atoms with Gasteiger partial charge in [0, 0.05) is 16.0 Å². The summed E-state index contributed by atoms with van der Waals surface area (Å²) in [6.45, 7) is 0. The van der Waals surface area contributed by atoms with Gasteiger partial charge in [0.05, 0.1) is 5.56 Å². The molecule has 0 aliphatic carbocycles. The highest BCUT2D eigenvalue weighted by molar-refractivity contribution is 7.99. The SMILES string of the molecule is CSc1cccc(Sc2nnc3ccccn23)c1C#N. The van der Waals surface area contributed by atoms with Gasteiger partial charge in [-0.05, 0) is 42.3 Å². The van der Waals surface area contributed by atoms with Crippen molar-refractivity contribution in [2.24, 2.45) is 0 Å². The summed E-state index contributed by atoms with van der Waals surface area (Å²) >= 11 is 3.03. The normalized spacial score (nSPS) is 10.6. The molecule has 0 fully saturated rings. The van der Waals surface area contributed by atoms with Crippen LogP contribution in [-0.2, 0) is 0 Å². The Balaban J connectivity index is 2.06. The number of hydrogen-bond donors (Lipinski definition) is 0. The van der Waals surface area contributed by atoms with E-state index < -0.39 is 0 Å². The predicted octanol–water partition coefficient (Wildman–Crippen LogP) is 3.47. The van der Waals surface area contributed by atoms with Crippen molar-refractivity contribution in [1.29, 1.82) is 5.26 Å². The van der Waals surface area contributed by atoms with E-state index in [0.717, 1.165) is 20.6 Å². The number of pyridine rings is 1. The van der Waals surface area contributed by atoms with E-state index in [1.165, 1.54) is 11.8 Å². The van der Waals surface area contributed by atoms with Gasteiger partial charge in [0.25, 0.3) is 0 Å². The molecule has 6 heteroatoms. The molecule has 0 aliphatic rings. The van der Waals surface area contributed by atoms with Crippen molar-refractivity contribution in [2.45, 2.75) is 14.9 Å². The average molecular weight is 298 g/mol. The summed E-state index contributed by atoms with van der Waals surface area (Å²) in [6.07, 6.45) is 3.89. The van der Waals surface area contributed by atoms with Gasteiger partial charge >= 0.3 is 0 Å². The minimum Gasteiger partial charge on any atom is -0.277 e. The highest BCUT2D eigenvalue weighted by Crippen LogP contribution is 2.33. The molecule has 3 aromatic rings. The van der Waals surface area contributed by atoms with Crippen molar-refractivity contribution >= 4 is 29.2 Å². The fourth-order valence-corrected chi connectivity index (χ4v) is 3.44. The Hall–Kier alpha value is -1.97. The summed E-state index contributed by atoms with van der Waals surface area (Å²) < 4.78 is 1.91. The fourth-order valence-electron chi connectivity index (χ4n) is 1.86. The third-order valence-corrected chi connectivity index (χ3v) is 4.60. The molecule has 0 saturated carbocycles. The van der Waals surface area contributed by atoms with E-state index in [1.54, 1.807) is 11.8 Å². The maximum atomic E-state index is 9.35. The number of fused-ring (bicyclic) bond motifs is 1. The molecule has 4 nitrogen and oxygen atoms in total. The number of rotatable bonds is 3. The fraction of sp³-hybridized carbons (Fsp3) is 0.0714. The average Bonchev–Trinajstić information content (AvgIpc) is 2.90.